The van der Waals surface area contributed by atoms with Crippen LogP contribution >= 0.6 is 0 Å². The molecular formula is C18H29N3O3. The van der Waals surface area contributed by atoms with E-state index in [-0.39, 0.29) is 11.6 Å². The van der Waals surface area contributed by atoms with Crippen molar-refractivity contribution >= 4 is 12.0 Å². The van der Waals surface area contributed by atoms with Gasteiger partial charge < -0.3 is 15.7 Å². The molecule has 0 bridgehead atoms. The Hall–Kier alpha value is -2.08. The highest BCUT2D eigenvalue weighted by atomic mass is 16.4. The van der Waals surface area contributed by atoms with Gasteiger partial charge in [-0.2, -0.15) is 0 Å². The molecule has 0 aliphatic rings. The summed E-state index contributed by atoms with van der Waals surface area (Å²) < 4.78 is 0. The second-order valence-corrected chi connectivity index (χ2v) is 6.39. The van der Waals surface area contributed by atoms with E-state index in [1.54, 1.807) is 12.1 Å². The number of nitrogens with one attached hydrogen (secondary N) is 2. The van der Waals surface area contributed by atoms with Gasteiger partial charge in [0.25, 0.3) is 0 Å². The molecule has 0 saturated heterocycles. The van der Waals surface area contributed by atoms with Gasteiger partial charge >= 0.3 is 12.0 Å². The summed E-state index contributed by atoms with van der Waals surface area (Å²) in [4.78, 5) is 24.9. The van der Waals surface area contributed by atoms with Crippen molar-refractivity contribution in [2.45, 2.75) is 52.7 Å². The zero-order valence-electron chi connectivity index (χ0n) is 15.0. The number of carbonyl (C=O) groups is 2. The number of benzene rings is 1. The number of rotatable bonds is 9. The molecular weight excluding hydrogens is 306 g/mol. The van der Waals surface area contributed by atoms with Crippen molar-refractivity contribution in [3.63, 3.8) is 0 Å². The fourth-order valence-corrected chi connectivity index (χ4v) is 2.59. The lowest BCUT2D eigenvalue weighted by Gasteiger charge is -2.30. The molecule has 0 aliphatic carbocycles. The average Bonchev–Trinajstić information content (AvgIpc) is 2.52. The van der Waals surface area contributed by atoms with Crippen LogP contribution in [0.15, 0.2) is 24.3 Å². The van der Waals surface area contributed by atoms with Crippen LogP contribution in [-0.4, -0.2) is 47.2 Å². The summed E-state index contributed by atoms with van der Waals surface area (Å²) in [5, 5.41) is 14.5. The monoisotopic (exact) mass is 335 g/mol. The lowest BCUT2D eigenvalue weighted by molar-refractivity contribution is 0.0697. The topological polar surface area (TPSA) is 81.7 Å². The minimum Gasteiger partial charge on any atom is -0.478 e. The highest BCUT2D eigenvalue weighted by Crippen LogP contribution is 2.05. The standard InChI is InChI=1S/C18H29N3O3/c1-13(2)21(14(3)4)11-5-10-19-18(24)20-12-15-6-8-16(9-7-15)17(22)23/h6-9,13-14H,5,10-12H2,1-4H3,(H,22,23)(H2,19,20,24). The van der Waals surface area contributed by atoms with Crippen molar-refractivity contribution in [3.05, 3.63) is 35.4 Å². The summed E-state index contributed by atoms with van der Waals surface area (Å²) in [6.45, 7) is 10.7. The van der Waals surface area contributed by atoms with Crippen LogP contribution < -0.4 is 10.6 Å². The first kappa shape index (κ1) is 20.0. The van der Waals surface area contributed by atoms with E-state index >= 15 is 0 Å². The summed E-state index contributed by atoms with van der Waals surface area (Å²) >= 11 is 0. The maximum Gasteiger partial charge on any atom is 0.335 e. The Labute approximate surface area is 144 Å². The quantitative estimate of drug-likeness (QED) is 0.606. The molecule has 0 heterocycles. The Morgan fingerprint density at radius 3 is 2.12 bits per heavy atom. The van der Waals surface area contributed by atoms with E-state index in [0.717, 1.165) is 18.5 Å². The van der Waals surface area contributed by atoms with Crippen molar-refractivity contribution in [3.8, 4) is 0 Å². The van der Waals surface area contributed by atoms with E-state index in [0.29, 0.717) is 25.2 Å². The predicted molar refractivity (Wildman–Crippen MR) is 95.2 cm³/mol. The first-order valence-corrected chi connectivity index (χ1v) is 8.41. The first-order valence-electron chi connectivity index (χ1n) is 8.41. The second-order valence-electron chi connectivity index (χ2n) is 6.39. The van der Waals surface area contributed by atoms with Crippen LogP contribution in [0.25, 0.3) is 0 Å². The van der Waals surface area contributed by atoms with E-state index < -0.39 is 5.97 Å². The number of aromatic carboxylic acids is 1. The maximum atomic E-state index is 11.8. The number of urea groups is 1. The molecule has 134 valence electrons. The predicted octanol–water partition coefficient (Wildman–Crippen LogP) is 2.69. The molecule has 1 aromatic carbocycles. The summed E-state index contributed by atoms with van der Waals surface area (Å²) in [6, 6.07) is 7.24. The van der Waals surface area contributed by atoms with Gasteiger partial charge in [-0.25, -0.2) is 9.59 Å². The van der Waals surface area contributed by atoms with Crippen LogP contribution in [0.4, 0.5) is 4.79 Å². The zero-order chi connectivity index (χ0) is 18.1. The van der Waals surface area contributed by atoms with Gasteiger partial charge in [-0.05, 0) is 51.8 Å². The minimum atomic E-state index is -0.955. The Morgan fingerprint density at radius 2 is 1.62 bits per heavy atom. The number of amides is 2. The van der Waals surface area contributed by atoms with Crippen LogP contribution in [0.1, 0.15) is 50.0 Å². The molecule has 0 atom stereocenters. The number of hydrogen-bond donors (Lipinski definition) is 3. The molecule has 0 saturated carbocycles. The van der Waals surface area contributed by atoms with Crippen molar-refractivity contribution in [1.29, 1.82) is 0 Å². The van der Waals surface area contributed by atoms with Gasteiger partial charge in [-0.15, -0.1) is 0 Å². The first-order chi connectivity index (χ1) is 11.3. The molecule has 6 nitrogen and oxygen atoms in total. The number of nitrogens with zero attached hydrogens (tertiary/aromatic N) is 1. The highest BCUT2D eigenvalue weighted by molar-refractivity contribution is 5.87. The Bertz CT molecular complexity index is 519. The summed E-state index contributed by atoms with van der Waals surface area (Å²) in [5.41, 5.74) is 1.10. The van der Waals surface area contributed by atoms with Gasteiger partial charge in [0.15, 0.2) is 0 Å². The molecule has 0 unspecified atom stereocenters. The molecule has 6 heteroatoms. The third kappa shape index (κ3) is 7.00. The molecule has 24 heavy (non-hydrogen) atoms. The average molecular weight is 335 g/mol. The normalized spacial score (nSPS) is 11.1. The molecule has 3 N–H and O–H groups in total. The van der Waals surface area contributed by atoms with Crippen LogP contribution in [0.5, 0.6) is 0 Å². The highest BCUT2D eigenvalue weighted by Gasteiger charge is 2.12. The molecule has 2 amide bonds. The molecule has 0 radical (unpaired) electrons. The molecule has 0 spiro atoms. The fraction of sp³-hybridized carbons (Fsp3) is 0.556. The van der Waals surface area contributed by atoms with Crippen LogP contribution in [-0.2, 0) is 6.54 Å². The third-order valence-corrected chi connectivity index (χ3v) is 3.86. The number of carboxylic acids is 1. The van der Waals surface area contributed by atoms with E-state index in [2.05, 4.69) is 43.2 Å². The minimum absolute atomic E-state index is 0.210. The van der Waals surface area contributed by atoms with Gasteiger partial charge in [0.05, 0.1) is 5.56 Å². The lowest BCUT2D eigenvalue weighted by atomic mass is 10.1. The SMILES string of the molecule is CC(C)N(CCCNC(=O)NCc1ccc(C(=O)O)cc1)C(C)C. The Morgan fingerprint density at radius 1 is 1.04 bits per heavy atom. The Kier molecular flexibility index (Phi) is 8.26. The van der Waals surface area contributed by atoms with Crippen molar-refractivity contribution in [2.24, 2.45) is 0 Å². The summed E-state index contributed by atoms with van der Waals surface area (Å²) in [6.07, 6.45) is 0.900. The molecule has 0 aliphatic heterocycles. The van der Waals surface area contributed by atoms with Crippen molar-refractivity contribution in [1.82, 2.24) is 15.5 Å². The maximum absolute atomic E-state index is 11.8. The van der Waals surface area contributed by atoms with E-state index in [1.807, 2.05) is 0 Å². The largest absolute Gasteiger partial charge is 0.478 e. The van der Waals surface area contributed by atoms with Gasteiger partial charge in [0, 0.05) is 31.7 Å². The van der Waals surface area contributed by atoms with Crippen LogP contribution in [0.2, 0.25) is 0 Å². The van der Waals surface area contributed by atoms with Crippen LogP contribution in [0, 0.1) is 0 Å². The Balaban J connectivity index is 2.25. The van der Waals surface area contributed by atoms with E-state index in [4.69, 9.17) is 5.11 Å². The summed E-state index contributed by atoms with van der Waals surface area (Å²) in [5.74, 6) is -0.955. The number of hydrogen-bond acceptors (Lipinski definition) is 3. The number of carbonyl (C=O) groups excluding carboxylic acids is 1. The van der Waals surface area contributed by atoms with Gasteiger partial charge in [0.2, 0.25) is 0 Å². The number of carboxylic acid groups (broad SMARTS) is 1. The van der Waals surface area contributed by atoms with E-state index in [1.165, 1.54) is 12.1 Å². The third-order valence-electron chi connectivity index (χ3n) is 3.86. The molecule has 0 fully saturated rings. The van der Waals surface area contributed by atoms with Gasteiger partial charge in [0.1, 0.15) is 0 Å². The van der Waals surface area contributed by atoms with Crippen molar-refractivity contribution in [2.75, 3.05) is 13.1 Å². The lowest BCUT2D eigenvalue weighted by Crippen LogP contribution is -2.40. The smallest absolute Gasteiger partial charge is 0.335 e. The second kappa shape index (κ2) is 9.93. The van der Waals surface area contributed by atoms with Gasteiger partial charge in [-0.1, -0.05) is 12.1 Å². The zero-order valence-corrected chi connectivity index (χ0v) is 15.0. The van der Waals surface area contributed by atoms with Gasteiger partial charge in [-0.3, -0.25) is 4.90 Å². The summed E-state index contributed by atoms with van der Waals surface area (Å²) in [7, 11) is 0. The van der Waals surface area contributed by atoms with Crippen molar-refractivity contribution < 1.29 is 14.7 Å². The molecule has 1 rings (SSSR count). The van der Waals surface area contributed by atoms with Crippen LogP contribution in [0.3, 0.4) is 0 Å². The fourth-order valence-electron chi connectivity index (χ4n) is 2.59. The molecule has 0 aromatic heterocycles. The molecule has 1 aromatic rings. The van der Waals surface area contributed by atoms with E-state index in [9.17, 15) is 9.59 Å².